The molecule has 156 valence electrons. The first-order valence-corrected chi connectivity index (χ1v) is 10.7. The molecule has 1 fully saturated rings. The largest absolute Gasteiger partial charge is 0.487 e. The number of rotatable bonds is 7. The minimum atomic E-state index is -0.486. The zero-order valence-electron chi connectivity index (χ0n) is 17.5. The number of aryl methyl sites for hydroxylation is 1. The van der Waals surface area contributed by atoms with E-state index in [9.17, 15) is 4.79 Å². The molecule has 1 aliphatic rings. The first-order chi connectivity index (χ1) is 13.9. The first kappa shape index (κ1) is 21.7. The maximum atomic E-state index is 13.4. The van der Waals surface area contributed by atoms with Crippen LogP contribution in [-0.4, -0.2) is 25.7 Å². The van der Waals surface area contributed by atoms with Crippen molar-refractivity contribution >= 4 is 23.2 Å². The van der Waals surface area contributed by atoms with E-state index < -0.39 is 5.41 Å². The van der Waals surface area contributed by atoms with Crippen LogP contribution in [0.2, 0.25) is 5.02 Å². The zero-order chi connectivity index (χ0) is 20.9. The van der Waals surface area contributed by atoms with Crippen LogP contribution in [0.4, 0.5) is 5.69 Å². The average Bonchev–Trinajstić information content (AvgIpc) is 2.71. The molecule has 1 aliphatic carbocycles. The Balaban J connectivity index is 1.79. The number of hydrogen-bond acceptors (Lipinski definition) is 3. The second-order valence-corrected chi connectivity index (χ2v) is 8.40. The molecule has 5 heteroatoms. The molecule has 1 amide bonds. The Morgan fingerprint density at radius 2 is 1.83 bits per heavy atom. The summed E-state index contributed by atoms with van der Waals surface area (Å²) in [6.07, 6.45) is 4.93. The highest BCUT2D eigenvalue weighted by Gasteiger charge is 2.41. The Morgan fingerprint density at radius 3 is 2.45 bits per heavy atom. The Hall–Kier alpha value is -2.04. The summed E-state index contributed by atoms with van der Waals surface area (Å²) in [6.45, 7) is 4.47. The molecule has 1 N–H and O–H groups in total. The van der Waals surface area contributed by atoms with Crippen LogP contribution in [0.25, 0.3) is 0 Å². The second kappa shape index (κ2) is 9.64. The minimum absolute atomic E-state index is 0.0403. The van der Waals surface area contributed by atoms with Crippen LogP contribution in [0, 0.1) is 6.92 Å². The molecule has 3 rings (SSSR count). The zero-order valence-corrected chi connectivity index (χ0v) is 18.2. The van der Waals surface area contributed by atoms with Crippen molar-refractivity contribution in [2.45, 2.75) is 57.5 Å². The van der Waals surface area contributed by atoms with E-state index in [0.717, 1.165) is 31.2 Å². The predicted octanol–water partition coefficient (Wildman–Crippen LogP) is 5.90. The van der Waals surface area contributed by atoms with Gasteiger partial charge in [0.25, 0.3) is 0 Å². The molecule has 1 atom stereocenters. The van der Waals surface area contributed by atoms with Gasteiger partial charge in [0.15, 0.2) is 0 Å². The number of amides is 1. The van der Waals surface area contributed by atoms with Crippen LogP contribution in [0.3, 0.4) is 0 Å². The molecule has 2 aromatic rings. The first-order valence-electron chi connectivity index (χ1n) is 10.3. The molecule has 1 saturated carbocycles. The summed E-state index contributed by atoms with van der Waals surface area (Å²) >= 11 is 6.39. The highest BCUT2D eigenvalue weighted by molar-refractivity contribution is 6.32. The summed E-state index contributed by atoms with van der Waals surface area (Å²) in [5.41, 5.74) is 2.49. The van der Waals surface area contributed by atoms with Gasteiger partial charge < -0.3 is 14.8 Å². The van der Waals surface area contributed by atoms with E-state index in [2.05, 4.69) is 36.5 Å². The highest BCUT2D eigenvalue weighted by Crippen LogP contribution is 2.41. The molecule has 29 heavy (non-hydrogen) atoms. The molecule has 0 radical (unpaired) electrons. The fourth-order valence-corrected chi connectivity index (χ4v) is 4.31. The number of carbonyl (C=O) groups is 1. The molecule has 0 saturated heterocycles. The van der Waals surface area contributed by atoms with Crippen molar-refractivity contribution in [1.29, 1.82) is 0 Å². The van der Waals surface area contributed by atoms with Crippen molar-refractivity contribution < 1.29 is 14.3 Å². The third kappa shape index (κ3) is 5.12. The average molecular weight is 416 g/mol. The molecule has 0 spiro atoms. The van der Waals surface area contributed by atoms with Crippen molar-refractivity contribution in [2.75, 3.05) is 19.0 Å². The normalized spacial score (nSPS) is 16.8. The molecule has 0 heterocycles. The van der Waals surface area contributed by atoms with Crippen LogP contribution in [0.5, 0.6) is 5.75 Å². The molecule has 1 unspecified atom stereocenters. The lowest BCUT2D eigenvalue weighted by Gasteiger charge is -2.36. The lowest BCUT2D eigenvalue weighted by atomic mass is 9.68. The number of halogens is 1. The van der Waals surface area contributed by atoms with E-state index in [1.54, 1.807) is 19.2 Å². The quantitative estimate of drug-likeness (QED) is 0.612. The van der Waals surface area contributed by atoms with Crippen LogP contribution in [-0.2, 0) is 14.9 Å². The summed E-state index contributed by atoms with van der Waals surface area (Å²) < 4.78 is 10.9. The number of benzene rings is 2. The van der Waals surface area contributed by atoms with Crippen molar-refractivity contribution in [1.82, 2.24) is 0 Å². The van der Waals surface area contributed by atoms with Crippen molar-refractivity contribution in [3.63, 3.8) is 0 Å². The van der Waals surface area contributed by atoms with Gasteiger partial charge in [-0.25, -0.2) is 0 Å². The van der Waals surface area contributed by atoms with Crippen LogP contribution in [0.1, 0.15) is 50.2 Å². The molecule has 0 aliphatic heterocycles. The van der Waals surface area contributed by atoms with Crippen molar-refractivity contribution in [3.8, 4) is 5.75 Å². The van der Waals surface area contributed by atoms with Crippen LogP contribution in [0.15, 0.2) is 42.5 Å². The van der Waals surface area contributed by atoms with Gasteiger partial charge in [-0.3, -0.25) is 4.79 Å². The van der Waals surface area contributed by atoms with Gasteiger partial charge in [-0.1, -0.05) is 60.7 Å². The molecular formula is C24H30ClNO3. The predicted molar refractivity (Wildman–Crippen MR) is 118 cm³/mol. The van der Waals surface area contributed by atoms with E-state index in [-0.39, 0.29) is 12.0 Å². The summed E-state index contributed by atoms with van der Waals surface area (Å²) in [5.74, 6) is 0.624. The van der Waals surface area contributed by atoms with Crippen LogP contribution < -0.4 is 10.1 Å². The lowest BCUT2D eigenvalue weighted by molar-refractivity contribution is -0.122. The maximum Gasteiger partial charge on any atom is 0.235 e. The number of ether oxygens (including phenoxy) is 2. The Kier molecular flexibility index (Phi) is 7.20. The van der Waals surface area contributed by atoms with Gasteiger partial charge >= 0.3 is 0 Å². The monoisotopic (exact) mass is 415 g/mol. The minimum Gasteiger partial charge on any atom is -0.487 e. The number of nitrogens with one attached hydrogen (secondary N) is 1. The van der Waals surface area contributed by atoms with Gasteiger partial charge in [0, 0.05) is 12.8 Å². The van der Waals surface area contributed by atoms with Crippen LogP contribution >= 0.6 is 11.6 Å². The Labute approximate surface area is 178 Å². The highest BCUT2D eigenvalue weighted by atomic mass is 35.5. The van der Waals surface area contributed by atoms with Gasteiger partial charge in [0.05, 0.1) is 17.0 Å². The summed E-state index contributed by atoms with van der Waals surface area (Å²) in [5, 5.41) is 3.58. The van der Waals surface area contributed by atoms with Crippen molar-refractivity contribution in [2.24, 2.45) is 0 Å². The fourth-order valence-electron chi connectivity index (χ4n) is 4.09. The molecule has 0 aromatic heterocycles. The van der Waals surface area contributed by atoms with Gasteiger partial charge in [-0.15, -0.1) is 0 Å². The van der Waals surface area contributed by atoms with E-state index in [1.807, 2.05) is 13.0 Å². The number of carbonyl (C=O) groups excluding carboxylic acids is 1. The smallest absolute Gasteiger partial charge is 0.235 e. The van der Waals surface area contributed by atoms with Gasteiger partial charge in [0.2, 0.25) is 5.91 Å². The molecular weight excluding hydrogens is 386 g/mol. The van der Waals surface area contributed by atoms with Crippen molar-refractivity contribution in [3.05, 3.63) is 58.6 Å². The van der Waals surface area contributed by atoms with E-state index in [1.165, 1.54) is 12.0 Å². The number of hydrogen-bond donors (Lipinski definition) is 1. The lowest BCUT2D eigenvalue weighted by Crippen LogP contribution is -2.42. The molecule has 4 nitrogen and oxygen atoms in total. The summed E-state index contributed by atoms with van der Waals surface area (Å²) in [6, 6.07) is 13.8. The third-order valence-electron chi connectivity index (χ3n) is 5.67. The Bertz CT molecular complexity index is 829. The standard InChI is InChI=1S/C24H30ClNO3/c1-17-7-9-19(10-8-17)24(13-5-4-6-14-24)23(27)26-20-11-12-22(21(25)15-20)29-18(2)16-28-3/h7-12,15,18H,4-6,13-14,16H2,1-3H3,(H,26,27). The third-order valence-corrected chi connectivity index (χ3v) is 5.96. The molecule has 0 bridgehead atoms. The van der Waals surface area contributed by atoms with Gasteiger partial charge in [0.1, 0.15) is 11.9 Å². The van der Waals surface area contributed by atoms with E-state index in [0.29, 0.717) is 23.1 Å². The van der Waals surface area contributed by atoms with Gasteiger partial charge in [-0.2, -0.15) is 0 Å². The van der Waals surface area contributed by atoms with E-state index >= 15 is 0 Å². The number of methoxy groups -OCH3 is 1. The van der Waals surface area contributed by atoms with E-state index in [4.69, 9.17) is 21.1 Å². The number of anilines is 1. The summed E-state index contributed by atoms with van der Waals surface area (Å²) in [7, 11) is 1.63. The SMILES string of the molecule is COCC(C)Oc1ccc(NC(=O)C2(c3ccc(C)cc3)CCCCC2)cc1Cl. The van der Waals surface area contributed by atoms with Gasteiger partial charge in [-0.05, 0) is 50.5 Å². The second-order valence-electron chi connectivity index (χ2n) is 7.99. The fraction of sp³-hybridized carbons (Fsp3) is 0.458. The topological polar surface area (TPSA) is 47.6 Å². The molecule has 2 aromatic carbocycles. The summed E-state index contributed by atoms with van der Waals surface area (Å²) in [4.78, 5) is 13.4. The maximum absolute atomic E-state index is 13.4. The Morgan fingerprint density at radius 1 is 1.14 bits per heavy atom.